The molecule has 1 aromatic carbocycles. The van der Waals surface area contributed by atoms with Gasteiger partial charge in [0.1, 0.15) is 5.75 Å². The lowest BCUT2D eigenvalue weighted by molar-refractivity contribution is 0.0848. The fraction of sp³-hybridized carbons (Fsp3) is 0.500. The van der Waals surface area contributed by atoms with Gasteiger partial charge in [0.2, 0.25) is 0 Å². The van der Waals surface area contributed by atoms with Crippen molar-refractivity contribution in [3.63, 3.8) is 0 Å². The predicted molar refractivity (Wildman–Crippen MR) is 56.5 cm³/mol. The molecule has 0 aliphatic carbocycles. The van der Waals surface area contributed by atoms with E-state index in [0.717, 1.165) is 24.8 Å². The zero-order valence-electron chi connectivity index (χ0n) is 8.52. The molecule has 0 saturated carbocycles. The summed E-state index contributed by atoms with van der Waals surface area (Å²) in [6.07, 6.45) is 3.32. The minimum atomic E-state index is -0.478. The monoisotopic (exact) mass is 205 g/mol. The second-order valence-corrected chi connectivity index (χ2v) is 4.59. The quantitative estimate of drug-likeness (QED) is 0.730. The number of aromatic hydroxyl groups is 1. The maximum Gasteiger partial charge on any atom is 0.120 e. The Morgan fingerprint density at radius 1 is 1.33 bits per heavy atom. The van der Waals surface area contributed by atoms with Crippen LogP contribution < -0.4 is 5.73 Å². The van der Waals surface area contributed by atoms with Crippen LogP contribution in [0.25, 0.3) is 0 Å². The second-order valence-electron chi connectivity index (χ2n) is 4.59. The van der Waals surface area contributed by atoms with Crippen LogP contribution >= 0.6 is 0 Å². The summed E-state index contributed by atoms with van der Waals surface area (Å²) in [5.74, 6) is 0.288. The Balaban J connectivity index is 2.04. The van der Waals surface area contributed by atoms with E-state index in [0.29, 0.717) is 6.10 Å². The van der Waals surface area contributed by atoms with Crippen molar-refractivity contribution < 1.29 is 9.84 Å². The molecule has 3 rings (SSSR count). The molecular formula is C12H15NO2. The minimum Gasteiger partial charge on any atom is -0.508 e. The van der Waals surface area contributed by atoms with E-state index in [1.54, 1.807) is 6.07 Å². The van der Waals surface area contributed by atoms with Crippen molar-refractivity contribution >= 4 is 0 Å². The molecular weight excluding hydrogens is 190 g/mol. The lowest BCUT2D eigenvalue weighted by Crippen LogP contribution is -2.45. The molecule has 1 aromatic rings. The van der Waals surface area contributed by atoms with Gasteiger partial charge in [0.15, 0.2) is 0 Å². The minimum absolute atomic E-state index is 0.0794. The molecule has 0 spiro atoms. The van der Waals surface area contributed by atoms with Crippen LogP contribution in [0.15, 0.2) is 24.3 Å². The molecule has 2 bridgehead atoms. The lowest BCUT2D eigenvalue weighted by atomic mass is 9.77. The molecule has 0 amide bonds. The standard InChI is InChI=1S/C12H15NO2/c13-12(7-8-5-6-11(12)15-8)9-3-1-2-4-10(9)14/h1-4,8,11,14H,5-7,13H2. The number of fused-ring (bicyclic) bond motifs is 2. The van der Waals surface area contributed by atoms with Gasteiger partial charge < -0.3 is 15.6 Å². The Morgan fingerprint density at radius 2 is 2.13 bits per heavy atom. The van der Waals surface area contributed by atoms with E-state index in [9.17, 15) is 5.11 Å². The molecule has 3 nitrogen and oxygen atoms in total. The van der Waals surface area contributed by atoms with E-state index in [2.05, 4.69) is 0 Å². The highest BCUT2D eigenvalue weighted by atomic mass is 16.5. The van der Waals surface area contributed by atoms with Crippen molar-refractivity contribution in [2.75, 3.05) is 0 Å². The maximum atomic E-state index is 9.83. The number of hydrogen-bond donors (Lipinski definition) is 2. The van der Waals surface area contributed by atoms with Crippen LogP contribution in [0, 0.1) is 0 Å². The van der Waals surface area contributed by atoms with Gasteiger partial charge in [-0.25, -0.2) is 0 Å². The summed E-state index contributed by atoms with van der Waals surface area (Å²) in [7, 11) is 0. The van der Waals surface area contributed by atoms with Crippen LogP contribution in [0.5, 0.6) is 5.75 Å². The molecule has 2 saturated heterocycles. The van der Waals surface area contributed by atoms with E-state index in [-0.39, 0.29) is 11.9 Å². The van der Waals surface area contributed by atoms with Crippen molar-refractivity contribution in [3.05, 3.63) is 29.8 Å². The highest BCUT2D eigenvalue weighted by molar-refractivity contribution is 5.40. The fourth-order valence-electron chi connectivity index (χ4n) is 2.89. The molecule has 15 heavy (non-hydrogen) atoms. The van der Waals surface area contributed by atoms with Gasteiger partial charge in [0.25, 0.3) is 0 Å². The Kier molecular flexibility index (Phi) is 1.82. The first-order valence-electron chi connectivity index (χ1n) is 5.43. The molecule has 3 unspecified atom stereocenters. The molecule has 3 heteroatoms. The van der Waals surface area contributed by atoms with Crippen LogP contribution in [-0.4, -0.2) is 17.3 Å². The normalized spacial score (nSPS) is 38.5. The molecule has 2 heterocycles. The Hall–Kier alpha value is -1.06. The number of ether oxygens (including phenoxy) is 1. The van der Waals surface area contributed by atoms with Gasteiger partial charge in [0.05, 0.1) is 17.7 Å². The fourth-order valence-corrected chi connectivity index (χ4v) is 2.89. The van der Waals surface area contributed by atoms with Crippen LogP contribution in [0.1, 0.15) is 24.8 Å². The molecule has 2 aliphatic heterocycles. The summed E-state index contributed by atoms with van der Waals surface area (Å²) >= 11 is 0. The summed E-state index contributed by atoms with van der Waals surface area (Å²) in [5, 5.41) is 9.83. The van der Waals surface area contributed by atoms with Crippen molar-refractivity contribution in [2.24, 2.45) is 5.73 Å². The lowest BCUT2D eigenvalue weighted by Gasteiger charge is -2.32. The molecule has 0 radical (unpaired) electrons. The van der Waals surface area contributed by atoms with E-state index in [1.165, 1.54) is 0 Å². The third kappa shape index (κ3) is 1.20. The second kappa shape index (κ2) is 2.97. The third-order valence-electron chi connectivity index (χ3n) is 3.65. The summed E-state index contributed by atoms with van der Waals surface area (Å²) < 4.78 is 5.76. The summed E-state index contributed by atoms with van der Waals surface area (Å²) in [4.78, 5) is 0. The van der Waals surface area contributed by atoms with Gasteiger partial charge >= 0.3 is 0 Å². The van der Waals surface area contributed by atoms with Crippen LogP contribution in [-0.2, 0) is 10.3 Å². The van der Waals surface area contributed by atoms with E-state index < -0.39 is 5.54 Å². The third-order valence-corrected chi connectivity index (χ3v) is 3.65. The van der Waals surface area contributed by atoms with Crippen molar-refractivity contribution in [3.8, 4) is 5.75 Å². The number of nitrogens with two attached hydrogens (primary N) is 1. The SMILES string of the molecule is NC1(c2ccccc2O)CC2CCC1O2. The molecule has 0 aromatic heterocycles. The molecule has 3 atom stereocenters. The Bertz CT molecular complexity index is 393. The van der Waals surface area contributed by atoms with Gasteiger partial charge in [0, 0.05) is 5.56 Å². The van der Waals surface area contributed by atoms with Gasteiger partial charge in [-0.1, -0.05) is 18.2 Å². The van der Waals surface area contributed by atoms with Crippen molar-refractivity contribution in [1.29, 1.82) is 0 Å². The Morgan fingerprint density at radius 3 is 2.73 bits per heavy atom. The average Bonchev–Trinajstić information content (AvgIpc) is 2.78. The predicted octanol–water partition coefficient (Wildman–Crippen LogP) is 1.50. The average molecular weight is 205 g/mol. The summed E-state index contributed by atoms with van der Waals surface area (Å²) in [6.45, 7) is 0. The first-order valence-corrected chi connectivity index (χ1v) is 5.43. The molecule has 80 valence electrons. The molecule has 2 aliphatic rings. The van der Waals surface area contributed by atoms with Crippen LogP contribution in [0.2, 0.25) is 0 Å². The van der Waals surface area contributed by atoms with Gasteiger partial charge in [-0.3, -0.25) is 0 Å². The highest BCUT2D eigenvalue weighted by Gasteiger charge is 2.51. The zero-order valence-corrected chi connectivity index (χ0v) is 8.52. The summed E-state index contributed by atoms with van der Waals surface area (Å²) in [6, 6.07) is 7.32. The van der Waals surface area contributed by atoms with Gasteiger partial charge in [-0.05, 0) is 25.3 Å². The summed E-state index contributed by atoms with van der Waals surface area (Å²) in [5.41, 5.74) is 6.73. The zero-order chi connectivity index (χ0) is 10.5. The largest absolute Gasteiger partial charge is 0.508 e. The number of benzene rings is 1. The van der Waals surface area contributed by atoms with E-state index in [1.807, 2.05) is 18.2 Å². The first kappa shape index (κ1) is 9.19. The number of para-hydroxylation sites is 1. The van der Waals surface area contributed by atoms with Crippen LogP contribution in [0.3, 0.4) is 0 Å². The van der Waals surface area contributed by atoms with Gasteiger partial charge in [-0.15, -0.1) is 0 Å². The van der Waals surface area contributed by atoms with Gasteiger partial charge in [-0.2, -0.15) is 0 Å². The molecule has 3 N–H and O–H groups in total. The van der Waals surface area contributed by atoms with Crippen molar-refractivity contribution in [2.45, 2.75) is 37.0 Å². The maximum absolute atomic E-state index is 9.83. The number of phenolic OH excluding ortho intramolecular Hbond substituents is 1. The Labute approximate surface area is 88.9 Å². The number of rotatable bonds is 1. The van der Waals surface area contributed by atoms with Crippen LogP contribution in [0.4, 0.5) is 0 Å². The smallest absolute Gasteiger partial charge is 0.120 e. The molecule has 2 fully saturated rings. The first-order chi connectivity index (χ1) is 7.20. The topological polar surface area (TPSA) is 55.5 Å². The highest BCUT2D eigenvalue weighted by Crippen LogP contribution is 2.47. The number of hydrogen-bond acceptors (Lipinski definition) is 3. The number of phenols is 1. The van der Waals surface area contributed by atoms with E-state index >= 15 is 0 Å². The van der Waals surface area contributed by atoms with E-state index in [4.69, 9.17) is 10.5 Å². The van der Waals surface area contributed by atoms with Crippen molar-refractivity contribution in [1.82, 2.24) is 0 Å².